The highest BCUT2D eigenvalue weighted by Gasteiger charge is 2.17. The molecule has 5 nitrogen and oxygen atoms in total. The van der Waals surface area contributed by atoms with E-state index in [1.807, 2.05) is 6.07 Å². The number of phenolic OH excluding ortho intramolecular Hbond substituents is 1. The molecule has 19 heavy (non-hydrogen) atoms. The molecule has 0 atom stereocenters. The van der Waals surface area contributed by atoms with E-state index in [0.29, 0.717) is 18.0 Å². The molecule has 2 N–H and O–H groups in total. The number of phenols is 1. The zero-order chi connectivity index (χ0) is 13.1. The SMILES string of the molecule is Oc1cc2c(cc1CNCCN1CCCC1)OCO2. The van der Waals surface area contributed by atoms with E-state index in [1.54, 1.807) is 6.07 Å². The molecule has 1 fully saturated rings. The summed E-state index contributed by atoms with van der Waals surface area (Å²) in [5.74, 6) is 1.60. The molecule has 0 unspecified atom stereocenters. The highest BCUT2D eigenvalue weighted by molar-refractivity contribution is 5.51. The normalized spacial score (nSPS) is 18.1. The Bertz CT molecular complexity index is 445. The first-order valence-corrected chi connectivity index (χ1v) is 6.87. The molecule has 2 aliphatic heterocycles. The lowest BCUT2D eigenvalue weighted by molar-refractivity contribution is 0.174. The zero-order valence-electron chi connectivity index (χ0n) is 11.0. The molecule has 0 aromatic heterocycles. The fraction of sp³-hybridized carbons (Fsp3) is 0.571. The number of likely N-dealkylation sites (tertiary alicyclic amines) is 1. The van der Waals surface area contributed by atoms with Gasteiger partial charge in [0, 0.05) is 31.3 Å². The van der Waals surface area contributed by atoms with Gasteiger partial charge in [0.05, 0.1) is 0 Å². The van der Waals surface area contributed by atoms with Crippen molar-refractivity contribution in [3.8, 4) is 17.2 Å². The quantitative estimate of drug-likeness (QED) is 0.785. The van der Waals surface area contributed by atoms with Crippen molar-refractivity contribution in [3.63, 3.8) is 0 Å². The number of nitrogens with zero attached hydrogens (tertiary/aromatic N) is 1. The number of benzene rings is 1. The predicted octanol–water partition coefficient (Wildman–Crippen LogP) is 1.31. The van der Waals surface area contributed by atoms with Gasteiger partial charge in [-0.3, -0.25) is 0 Å². The van der Waals surface area contributed by atoms with Crippen LogP contribution < -0.4 is 14.8 Å². The van der Waals surface area contributed by atoms with Crippen molar-refractivity contribution in [1.82, 2.24) is 10.2 Å². The van der Waals surface area contributed by atoms with Gasteiger partial charge in [-0.1, -0.05) is 0 Å². The summed E-state index contributed by atoms with van der Waals surface area (Å²) >= 11 is 0. The van der Waals surface area contributed by atoms with Crippen molar-refractivity contribution in [2.45, 2.75) is 19.4 Å². The molecular formula is C14H20N2O3. The first-order chi connectivity index (χ1) is 9.33. The fourth-order valence-electron chi connectivity index (χ4n) is 2.58. The molecule has 1 saturated heterocycles. The molecule has 1 aromatic carbocycles. The Labute approximate surface area is 113 Å². The number of hydrogen-bond acceptors (Lipinski definition) is 5. The van der Waals surface area contributed by atoms with Crippen molar-refractivity contribution >= 4 is 0 Å². The fourth-order valence-corrected chi connectivity index (χ4v) is 2.58. The molecule has 0 spiro atoms. The van der Waals surface area contributed by atoms with Crippen LogP contribution in [0.15, 0.2) is 12.1 Å². The summed E-state index contributed by atoms with van der Waals surface area (Å²) < 4.78 is 10.5. The van der Waals surface area contributed by atoms with E-state index < -0.39 is 0 Å². The molecule has 0 radical (unpaired) electrons. The van der Waals surface area contributed by atoms with Gasteiger partial charge in [0.25, 0.3) is 0 Å². The first-order valence-electron chi connectivity index (χ1n) is 6.87. The molecule has 3 rings (SSSR count). The second kappa shape index (κ2) is 5.67. The maximum Gasteiger partial charge on any atom is 0.231 e. The van der Waals surface area contributed by atoms with Crippen molar-refractivity contribution < 1.29 is 14.6 Å². The number of ether oxygens (including phenoxy) is 2. The average Bonchev–Trinajstić information content (AvgIpc) is 3.05. The summed E-state index contributed by atoms with van der Waals surface area (Å²) in [5.41, 5.74) is 0.852. The van der Waals surface area contributed by atoms with Crippen molar-refractivity contribution in [3.05, 3.63) is 17.7 Å². The van der Waals surface area contributed by atoms with Gasteiger partial charge in [0.15, 0.2) is 11.5 Å². The Morgan fingerprint density at radius 3 is 2.68 bits per heavy atom. The third-order valence-corrected chi connectivity index (χ3v) is 3.69. The summed E-state index contributed by atoms with van der Waals surface area (Å²) in [6.07, 6.45) is 2.64. The standard InChI is InChI=1S/C14H20N2O3/c17-12-8-14-13(18-10-19-14)7-11(12)9-15-3-6-16-4-1-2-5-16/h7-8,15,17H,1-6,9-10H2. The monoisotopic (exact) mass is 264 g/mol. The van der Waals surface area contributed by atoms with Gasteiger partial charge < -0.3 is 24.8 Å². The van der Waals surface area contributed by atoms with Crippen LogP contribution in [0.5, 0.6) is 17.2 Å². The van der Waals surface area contributed by atoms with E-state index in [1.165, 1.54) is 25.9 Å². The number of rotatable bonds is 5. The molecule has 0 saturated carbocycles. The molecule has 104 valence electrons. The molecule has 5 heteroatoms. The van der Waals surface area contributed by atoms with E-state index in [4.69, 9.17) is 9.47 Å². The van der Waals surface area contributed by atoms with Crippen LogP contribution in [0.3, 0.4) is 0 Å². The zero-order valence-corrected chi connectivity index (χ0v) is 11.0. The van der Waals surface area contributed by atoms with Gasteiger partial charge in [-0.15, -0.1) is 0 Å². The first kappa shape index (κ1) is 12.6. The van der Waals surface area contributed by atoms with Gasteiger partial charge in [0.2, 0.25) is 6.79 Å². The number of aromatic hydroxyl groups is 1. The third kappa shape index (κ3) is 2.93. The van der Waals surface area contributed by atoms with E-state index in [-0.39, 0.29) is 12.5 Å². The topological polar surface area (TPSA) is 54.0 Å². The minimum absolute atomic E-state index is 0.237. The second-order valence-electron chi connectivity index (χ2n) is 5.06. The van der Waals surface area contributed by atoms with E-state index >= 15 is 0 Å². The van der Waals surface area contributed by atoms with Gasteiger partial charge in [0.1, 0.15) is 5.75 Å². The molecular weight excluding hydrogens is 244 g/mol. The summed E-state index contributed by atoms with van der Waals surface area (Å²) in [6, 6.07) is 3.47. The van der Waals surface area contributed by atoms with Crippen LogP contribution in [-0.4, -0.2) is 43.0 Å². The maximum atomic E-state index is 9.90. The molecule has 1 aromatic rings. The van der Waals surface area contributed by atoms with E-state index in [0.717, 1.165) is 18.7 Å². The smallest absolute Gasteiger partial charge is 0.231 e. The van der Waals surface area contributed by atoms with Crippen molar-refractivity contribution in [1.29, 1.82) is 0 Å². The van der Waals surface area contributed by atoms with Crippen LogP contribution in [0.2, 0.25) is 0 Å². The number of hydrogen-bond donors (Lipinski definition) is 2. The van der Waals surface area contributed by atoms with Crippen LogP contribution >= 0.6 is 0 Å². The summed E-state index contributed by atoms with van der Waals surface area (Å²) in [4.78, 5) is 2.46. The molecule has 0 bridgehead atoms. The Morgan fingerprint density at radius 1 is 1.16 bits per heavy atom. The minimum Gasteiger partial charge on any atom is -0.507 e. The summed E-state index contributed by atoms with van der Waals surface area (Å²) in [6.45, 7) is 5.34. The van der Waals surface area contributed by atoms with E-state index in [9.17, 15) is 5.11 Å². The van der Waals surface area contributed by atoms with Crippen LogP contribution in [0.25, 0.3) is 0 Å². The highest BCUT2D eigenvalue weighted by atomic mass is 16.7. The Hall–Kier alpha value is -1.46. The number of fused-ring (bicyclic) bond motifs is 1. The van der Waals surface area contributed by atoms with Crippen LogP contribution in [0, 0.1) is 0 Å². The molecule has 0 amide bonds. The molecule has 2 heterocycles. The average molecular weight is 264 g/mol. The summed E-state index contributed by atoms with van der Waals surface area (Å²) in [5, 5.41) is 13.3. The minimum atomic E-state index is 0.237. The van der Waals surface area contributed by atoms with Gasteiger partial charge >= 0.3 is 0 Å². The van der Waals surface area contributed by atoms with Crippen molar-refractivity contribution in [2.24, 2.45) is 0 Å². The Morgan fingerprint density at radius 2 is 1.89 bits per heavy atom. The lowest BCUT2D eigenvalue weighted by Gasteiger charge is -2.15. The second-order valence-corrected chi connectivity index (χ2v) is 5.06. The largest absolute Gasteiger partial charge is 0.507 e. The number of nitrogens with one attached hydrogen (secondary N) is 1. The van der Waals surface area contributed by atoms with Gasteiger partial charge in [-0.25, -0.2) is 0 Å². The summed E-state index contributed by atoms with van der Waals surface area (Å²) in [7, 11) is 0. The van der Waals surface area contributed by atoms with Crippen LogP contribution in [0.1, 0.15) is 18.4 Å². The van der Waals surface area contributed by atoms with Gasteiger partial charge in [-0.2, -0.15) is 0 Å². The predicted molar refractivity (Wildman–Crippen MR) is 71.6 cm³/mol. The van der Waals surface area contributed by atoms with Crippen molar-refractivity contribution in [2.75, 3.05) is 33.0 Å². The third-order valence-electron chi connectivity index (χ3n) is 3.69. The maximum absolute atomic E-state index is 9.90. The lowest BCUT2D eigenvalue weighted by Crippen LogP contribution is -2.29. The van der Waals surface area contributed by atoms with Gasteiger partial charge in [-0.05, 0) is 32.0 Å². The van der Waals surface area contributed by atoms with E-state index in [2.05, 4.69) is 10.2 Å². The Kier molecular flexibility index (Phi) is 3.75. The lowest BCUT2D eigenvalue weighted by atomic mass is 10.1. The molecule has 0 aliphatic carbocycles. The van der Waals surface area contributed by atoms with Crippen LogP contribution in [0.4, 0.5) is 0 Å². The Balaban J connectivity index is 1.49. The van der Waals surface area contributed by atoms with Crippen LogP contribution in [-0.2, 0) is 6.54 Å². The molecule has 2 aliphatic rings. The highest BCUT2D eigenvalue weighted by Crippen LogP contribution is 2.37.